The number of amides is 1. The number of hydrogen-bond donors (Lipinski definition) is 1. The standard InChI is InChI=1S/C6H6N6O2/c7-1-5(6(8)13)11-14-4-12-3-9-2-10-12/h2-3H,4H2,(H2,8,13)/b11-5+. The van der Waals surface area contributed by atoms with Crippen molar-refractivity contribution in [3.63, 3.8) is 0 Å². The van der Waals surface area contributed by atoms with Gasteiger partial charge in [-0.15, -0.1) is 0 Å². The van der Waals surface area contributed by atoms with Gasteiger partial charge >= 0.3 is 0 Å². The minimum Gasteiger partial charge on any atom is -0.370 e. The lowest BCUT2D eigenvalue weighted by atomic mass is 10.4. The summed E-state index contributed by atoms with van der Waals surface area (Å²) in [7, 11) is 0. The third-order valence-electron chi connectivity index (χ3n) is 1.15. The highest BCUT2D eigenvalue weighted by molar-refractivity contribution is 6.44. The Morgan fingerprint density at radius 1 is 1.79 bits per heavy atom. The van der Waals surface area contributed by atoms with E-state index in [9.17, 15) is 4.79 Å². The minimum absolute atomic E-state index is 0.0432. The second-order valence-corrected chi connectivity index (χ2v) is 2.11. The molecule has 1 aromatic heterocycles. The van der Waals surface area contributed by atoms with E-state index in [2.05, 4.69) is 20.1 Å². The van der Waals surface area contributed by atoms with Gasteiger partial charge in [0.1, 0.15) is 18.7 Å². The summed E-state index contributed by atoms with van der Waals surface area (Å²) in [4.78, 5) is 18.7. The summed E-state index contributed by atoms with van der Waals surface area (Å²) in [6, 6.07) is 1.49. The van der Waals surface area contributed by atoms with Crippen molar-refractivity contribution in [2.24, 2.45) is 10.9 Å². The SMILES string of the molecule is N#C/C(=N\OCn1cncn1)C(N)=O. The number of aromatic nitrogens is 3. The van der Waals surface area contributed by atoms with Gasteiger partial charge in [-0.1, -0.05) is 5.16 Å². The van der Waals surface area contributed by atoms with Crippen molar-refractivity contribution in [2.45, 2.75) is 6.73 Å². The van der Waals surface area contributed by atoms with Gasteiger partial charge in [0.25, 0.3) is 5.91 Å². The van der Waals surface area contributed by atoms with Gasteiger partial charge in [0.05, 0.1) is 0 Å². The summed E-state index contributed by atoms with van der Waals surface area (Å²) >= 11 is 0. The summed E-state index contributed by atoms with van der Waals surface area (Å²) < 4.78 is 1.32. The molecule has 8 nitrogen and oxygen atoms in total. The highest BCUT2D eigenvalue weighted by Gasteiger charge is 2.05. The van der Waals surface area contributed by atoms with Crippen molar-refractivity contribution in [1.29, 1.82) is 5.26 Å². The second-order valence-electron chi connectivity index (χ2n) is 2.11. The van der Waals surface area contributed by atoms with Crippen LogP contribution in [0.3, 0.4) is 0 Å². The number of rotatable bonds is 4. The molecule has 0 aliphatic heterocycles. The molecule has 0 saturated carbocycles. The number of carbonyl (C=O) groups excluding carboxylic acids is 1. The normalized spacial score (nSPS) is 10.6. The smallest absolute Gasteiger partial charge is 0.281 e. The molecule has 0 aromatic carbocycles. The van der Waals surface area contributed by atoms with Crippen LogP contribution in [0, 0.1) is 11.3 Å². The van der Waals surface area contributed by atoms with Gasteiger partial charge in [-0.05, 0) is 0 Å². The second kappa shape index (κ2) is 4.56. The largest absolute Gasteiger partial charge is 0.370 e. The first kappa shape index (κ1) is 9.66. The van der Waals surface area contributed by atoms with Crippen LogP contribution in [-0.4, -0.2) is 26.4 Å². The zero-order valence-corrected chi connectivity index (χ0v) is 6.99. The molecule has 8 heteroatoms. The monoisotopic (exact) mass is 194 g/mol. The van der Waals surface area contributed by atoms with Crippen LogP contribution in [0.4, 0.5) is 0 Å². The lowest BCUT2D eigenvalue weighted by Gasteiger charge is -1.97. The van der Waals surface area contributed by atoms with Gasteiger partial charge in [-0.2, -0.15) is 10.4 Å². The molecule has 0 fully saturated rings. The maximum absolute atomic E-state index is 10.5. The Labute approximate surface area is 78.6 Å². The van der Waals surface area contributed by atoms with Crippen LogP contribution in [0.2, 0.25) is 0 Å². The van der Waals surface area contributed by atoms with Crippen molar-refractivity contribution >= 4 is 11.6 Å². The molecule has 0 aliphatic carbocycles. The zero-order chi connectivity index (χ0) is 10.4. The average Bonchev–Trinajstić information content (AvgIpc) is 2.64. The Hall–Kier alpha value is -2.43. The number of nitriles is 1. The summed E-state index contributed by atoms with van der Waals surface area (Å²) in [5.41, 5.74) is 4.30. The summed E-state index contributed by atoms with van der Waals surface area (Å²) in [6.07, 6.45) is 2.71. The molecule has 1 rings (SSSR count). The third kappa shape index (κ3) is 2.56. The molecule has 0 bridgehead atoms. The Balaban J connectivity index is 2.47. The van der Waals surface area contributed by atoms with Crippen LogP contribution in [-0.2, 0) is 16.4 Å². The molecule has 0 radical (unpaired) electrons. The highest BCUT2D eigenvalue weighted by atomic mass is 16.6. The molecule has 0 unspecified atom stereocenters. The van der Waals surface area contributed by atoms with Gasteiger partial charge < -0.3 is 10.6 Å². The average molecular weight is 194 g/mol. The quantitative estimate of drug-likeness (QED) is 0.467. The van der Waals surface area contributed by atoms with E-state index in [1.165, 1.54) is 23.4 Å². The van der Waals surface area contributed by atoms with E-state index in [1.807, 2.05) is 0 Å². The van der Waals surface area contributed by atoms with Crippen LogP contribution in [0.25, 0.3) is 0 Å². The van der Waals surface area contributed by atoms with Gasteiger partial charge in [-0.25, -0.2) is 9.67 Å². The van der Waals surface area contributed by atoms with Crippen molar-refractivity contribution in [3.8, 4) is 6.07 Å². The van der Waals surface area contributed by atoms with E-state index in [0.717, 1.165) is 0 Å². The molecular weight excluding hydrogens is 188 g/mol. The molecule has 0 atom stereocenters. The predicted octanol–water partition coefficient (Wildman–Crippen LogP) is -1.38. The lowest BCUT2D eigenvalue weighted by molar-refractivity contribution is -0.112. The maximum atomic E-state index is 10.5. The highest BCUT2D eigenvalue weighted by Crippen LogP contribution is 1.85. The fourth-order valence-electron chi connectivity index (χ4n) is 0.572. The molecule has 1 heterocycles. The molecule has 0 saturated heterocycles. The first-order valence-electron chi connectivity index (χ1n) is 3.46. The summed E-state index contributed by atoms with van der Waals surface area (Å²) in [5, 5.41) is 15.3. The Morgan fingerprint density at radius 2 is 2.57 bits per heavy atom. The fourth-order valence-corrected chi connectivity index (χ4v) is 0.572. The van der Waals surface area contributed by atoms with Gasteiger partial charge in [0.2, 0.25) is 12.4 Å². The van der Waals surface area contributed by atoms with Crippen LogP contribution >= 0.6 is 0 Å². The number of nitrogens with zero attached hydrogens (tertiary/aromatic N) is 5. The lowest BCUT2D eigenvalue weighted by Crippen LogP contribution is -2.22. The van der Waals surface area contributed by atoms with Gasteiger partial charge in [-0.3, -0.25) is 4.79 Å². The molecule has 14 heavy (non-hydrogen) atoms. The topological polar surface area (TPSA) is 119 Å². The summed E-state index contributed by atoms with van der Waals surface area (Å²) in [5.74, 6) is -0.939. The van der Waals surface area contributed by atoms with Crippen molar-refractivity contribution in [2.75, 3.05) is 0 Å². The van der Waals surface area contributed by atoms with E-state index in [4.69, 9.17) is 11.0 Å². The maximum Gasteiger partial charge on any atom is 0.281 e. The fraction of sp³-hybridized carbons (Fsp3) is 0.167. The first-order chi connectivity index (χ1) is 6.74. The molecule has 72 valence electrons. The van der Waals surface area contributed by atoms with Gasteiger partial charge in [0, 0.05) is 0 Å². The van der Waals surface area contributed by atoms with Crippen LogP contribution in [0.15, 0.2) is 17.8 Å². The molecule has 1 amide bonds. The molecular formula is C6H6N6O2. The number of oxime groups is 1. The minimum atomic E-state index is -0.939. The third-order valence-corrected chi connectivity index (χ3v) is 1.15. The Morgan fingerprint density at radius 3 is 3.07 bits per heavy atom. The van der Waals surface area contributed by atoms with E-state index >= 15 is 0 Å². The Kier molecular flexibility index (Phi) is 3.15. The predicted molar refractivity (Wildman–Crippen MR) is 43.3 cm³/mol. The van der Waals surface area contributed by atoms with Crippen LogP contribution in [0.1, 0.15) is 0 Å². The first-order valence-corrected chi connectivity index (χ1v) is 3.46. The zero-order valence-electron chi connectivity index (χ0n) is 6.99. The molecule has 0 spiro atoms. The van der Waals surface area contributed by atoms with Crippen LogP contribution < -0.4 is 5.73 Å². The molecule has 0 aliphatic rings. The Bertz CT molecular complexity index is 376. The number of carbonyl (C=O) groups is 1. The van der Waals surface area contributed by atoms with Gasteiger partial charge in [0.15, 0.2) is 0 Å². The number of hydrogen-bond acceptors (Lipinski definition) is 6. The van der Waals surface area contributed by atoms with Crippen molar-refractivity contribution in [3.05, 3.63) is 12.7 Å². The van der Waals surface area contributed by atoms with E-state index in [-0.39, 0.29) is 6.73 Å². The molecule has 2 N–H and O–H groups in total. The van der Waals surface area contributed by atoms with E-state index < -0.39 is 11.6 Å². The summed E-state index contributed by atoms with van der Waals surface area (Å²) in [6.45, 7) is -0.0432. The van der Waals surface area contributed by atoms with E-state index in [1.54, 1.807) is 0 Å². The van der Waals surface area contributed by atoms with Crippen LogP contribution in [0.5, 0.6) is 0 Å². The number of primary amides is 1. The van der Waals surface area contributed by atoms with E-state index in [0.29, 0.717) is 0 Å². The molecule has 1 aromatic rings. The van der Waals surface area contributed by atoms with Crippen molar-refractivity contribution < 1.29 is 9.63 Å². The number of nitrogens with two attached hydrogens (primary N) is 1. The van der Waals surface area contributed by atoms with Crippen molar-refractivity contribution in [1.82, 2.24) is 14.8 Å².